The van der Waals surface area contributed by atoms with E-state index in [1.54, 1.807) is 11.3 Å². The average molecular weight is 198 g/mol. The van der Waals surface area contributed by atoms with Crippen molar-refractivity contribution in [3.63, 3.8) is 0 Å². The molecular formula is C8H14N4S. The molecule has 13 heavy (non-hydrogen) atoms. The van der Waals surface area contributed by atoms with Gasteiger partial charge in [0.2, 0.25) is 5.13 Å². The van der Waals surface area contributed by atoms with E-state index in [0.717, 1.165) is 22.7 Å². The van der Waals surface area contributed by atoms with Crippen molar-refractivity contribution in [3.8, 4) is 0 Å². The van der Waals surface area contributed by atoms with Gasteiger partial charge in [0, 0.05) is 13.1 Å². The number of hydrogen-bond acceptors (Lipinski definition) is 5. The van der Waals surface area contributed by atoms with Gasteiger partial charge in [-0.3, -0.25) is 4.90 Å². The molecule has 1 aliphatic rings. The van der Waals surface area contributed by atoms with Gasteiger partial charge < -0.3 is 5.32 Å². The van der Waals surface area contributed by atoms with E-state index in [2.05, 4.69) is 27.5 Å². The van der Waals surface area contributed by atoms with Crippen LogP contribution >= 0.6 is 11.3 Å². The van der Waals surface area contributed by atoms with Gasteiger partial charge in [-0.15, -0.1) is 10.2 Å². The summed E-state index contributed by atoms with van der Waals surface area (Å²) in [4.78, 5) is 2.35. The number of hydrogen-bond donors (Lipinski definition) is 1. The Bertz CT molecular complexity index is 281. The van der Waals surface area contributed by atoms with Crippen LogP contribution in [0.1, 0.15) is 17.8 Å². The molecule has 1 fully saturated rings. The lowest BCUT2D eigenvalue weighted by Crippen LogP contribution is -2.19. The van der Waals surface area contributed by atoms with Crippen LogP contribution in [0.5, 0.6) is 0 Å². The number of rotatable bonds is 4. The first-order valence-corrected chi connectivity index (χ1v) is 5.31. The number of nitrogens with zero attached hydrogens (tertiary/aromatic N) is 3. The van der Waals surface area contributed by atoms with Crippen LogP contribution in [0.2, 0.25) is 0 Å². The molecule has 1 aromatic heterocycles. The highest BCUT2D eigenvalue weighted by molar-refractivity contribution is 7.15. The standard InChI is InChI=1S/C8H14N4S/c1-9-8-11-10-7(13-8)5-12(2)6-3-4-6/h6H,3-5H2,1-2H3,(H,9,11). The Balaban J connectivity index is 1.92. The highest BCUT2D eigenvalue weighted by atomic mass is 32.1. The Morgan fingerprint density at radius 3 is 2.85 bits per heavy atom. The van der Waals surface area contributed by atoms with Crippen molar-refractivity contribution in [1.82, 2.24) is 15.1 Å². The van der Waals surface area contributed by atoms with Crippen molar-refractivity contribution >= 4 is 16.5 Å². The van der Waals surface area contributed by atoms with Gasteiger partial charge in [0.15, 0.2) is 0 Å². The summed E-state index contributed by atoms with van der Waals surface area (Å²) in [6, 6.07) is 0.793. The molecule has 0 unspecified atom stereocenters. The van der Waals surface area contributed by atoms with Gasteiger partial charge in [0.1, 0.15) is 5.01 Å². The lowest BCUT2D eigenvalue weighted by molar-refractivity contribution is 0.315. The van der Waals surface area contributed by atoms with Crippen LogP contribution in [-0.2, 0) is 6.54 Å². The quantitative estimate of drug-likeness (QED) is 0.788. The minimum atomic E-state index is 0.793. The van der Waals surface area contributed by atoms with Gasteiger partial charge in [-0.05, 0) is 19.9 Å². The minimum absolute atomic E-state index is 0.793. The summed E-state index contributed by atoms with van der Waals surface area (Å²) < 4.78 is 0. The third kappa shape index (κ3) is 2.16. The first kappa shape index (κ1) is 8.90. The van der Waals surface area contributed by atoms with Gasteiger partial charge in [-0.1, -0.05) is 11.3 Å². The Hall–Kier alpha value is -0.680. The van der Waals surface area contributed by atoms with Crippen molar-refractivity contribution < 1.29 is 0 Å². The van der Waals surface area contributed by atoms with Crippen molar-refractivity contribution in [2.75, 3.05) is 19.4 Å². The van der Waals surface area contributed by atoms with Crippen LogP contribution in [-0.4, -0.2) is 35.2 Å². The number of nitrogens with one attached hydrogen (secondary N) is 1. The summed E-state index contributed by atoms with van der Waals surface area (Å²) in [5, 5.41) is 13.1. The molecule has 1 saturated carbocycles. The predicted octanol–water partition coefficient (Wildman–Crippen LogP) is 1.17. The molecule has 0 aliphatic heterocycles. The summed E-state index contributed by atoms with van der Waals surface area (Å²) in [5.74, 6) is 0. The first-order valence-electron chi connectivity index (χ1n) is 4.50. The summed E-state index contributed by atoms with van der Waals surface area (Å²) in [5.41, 5.74) is 0. The van der Waals surface area contributed by atoms with Crippen molar-refractivity contribution in [3.05, 3.63) is 5.01 Å². The van der Waals surface area contributed by atoms with E-state index in [4.69, 9.17) is 0 Å². The van der Waals surface area contributed by atoms with Gasteiger partial charge in [-0.2, -0.15) is 0 Å². The molecular weight excluding hydrogens is 184 g/mol. The average Bonchev–Trinajstić information content (AvgIpc) is 2.88. The van der Waals surface area contributed by atoms with Gasteiger partial charge >= 0.3 is 0 Å². The first-order chi connectivity index (χ1) is 6.29. The lowest BCUT2D eigenvalue weighted by atomic mass is 10.5. The molecule has 1 aromatic rings. The predicted molar refractivity (Wildman–Crippen MR) is 53.9 cm³/mol. The lowest BCUT2D eigenvalue weighted by Gasteiger charge is -2.12. The van der Waals surface area contributed by atoms with Crippen molar-refractivity contribution in [2.45, 2.75) is 25.4 Å². The summed E-state index contributed by atoms with van der Waals surface area (Å²) in [6.45, 7) is 0.935. The van der Waals surface area contributed by atoms with E-state index in [1.165, 1.54) is 12.8 Å². The SMILES string of the molecule is CNc1nnc(CN(C)C2CC2)s1. The second-order valence-corrected chi connectivity index (χ2v) is 4.46. The van der Waals surface area contributed by atoms with E-state index in [9.17, 15) is 0 Å². The second kappa shape index (κ2) is 3.59. The van der Waals surface area contributed by atoms with Gasteiger partial charge in [-0.25, -0.2) is 0 Å². The fourth-order valence-electron chi connectivity index (χ4n) is 1.28. The smallest absolute Gasteiger partial charge is 0.205 e. The van der Waals surface area contributed by atoms with E-state index in [1.807, 2.05) is 7.05 Å². The topological polar surface area (TPSA) is 41.1 Å². The maximum atomic E-state index is 4.10. The molecule has 4 nitrogen and oxygen atoms in total. The molecule has 0 atom stereocenters. The normalized spacial score (nSPS) is 16.5. The molecule has 5 heteroatoms. The fraction of sp³-hybridized carbons (Fsp3) is 0.750. The summed E-state index contributed by atoms with van der Waals surface area (Å²) >= 11 is 1.63. The molecule has 1 aliphatic carbocycles. The maximum absolute atomic E-state index is 4.10. The monoisotopic (exact) mass is 198 g/mol. The molecule has 2 rings (SSSR count). The largest absolute Gasteiger partial charge is 0.363 e. The minimum Gasteiger partial charge on any atom is -0.363 e. The molecule has 0 bridgehead atoms. The van der Waals surface area contributed by atoms with E-state index < -0.39 is 0 Å². The molecule has 0 saturated heterocycles. The van der Waals surface area contributed by atoms with E-state index in [-0.39, 0.29) is 0 Å². The molecule has 72 valence electrons. The van der Waals surface area contributed by atoms with Crippen LogP contribution in [0.3, 0.4) is 0 Å². The van der Waals surface area contributed by atoms with Crippen LogP contribution in [0.25, 0.3) is 0 Å². The Morgan fingerprint density at radius 1 is 1.54 bits per heavy atom. The molecule has 0 spiro atoms. The Labute approximate surface area is 82.0 Å². The van der Waals surface area contributed by atoms with Crippen molar-refractivity contribution in [1.29, 1.82) is 0 Å². The number of anilines is 1. The van der Waals surface area contributed by atoms with Crippen LogP contribution in [0, 0.1) is 0 Å². The zero-order chi connectivity index (χ0) is 9.26. The molecule has 1 N–H and O–H groups in total. The highest BCUT2D eigenvalue weighted by Crippen LogP contribution is 2.27. The highest BCUT2D eigenvalue weighted by Gasteiger charge is 2.26. The van der Waals surface area contributed by atoms with Gasteiger partial charge in [0.05, 0.1) is 6.54 Å². The fourth-order valence-corrected chi connectivity index (χ4v) is 2.03. The van der Waals surface area contributed by atoms with Crippen LogP contribution in [0.15, 0.2) is 0 Å². The van der Waals surface area contributed by atoms with E-state index >= 15 is 0 Å². The zero-order valence-electron chi connectivity index (χ0n) is 7.95. The maximum Gasteiger partial charge on any atom is 0.205 e. The molecule has 0 aromatic carbocycles. The Kier molecular flexibility index (Phi) is 2.46. The third-order valence-electron chi connectivity index (χ3n) is 2.24. The van der Waals surface area contributed by atoms with Crippen LogP contribution in [0.4, 0.5) is 5.13 Å². The van der Waals surface area contributed by atoms with Crippen molar-refractivity contribution in [2.24, 2.45) is 0 Å². The molecule has 0 radical (unpaired) electrons. The van der Waals surface area contributed by atoms with Gasteiger partial charge in [0.25, 0.3) is 0 Å². The Morgan fingerprint density at radius 2 is 2.31 bits per heavy atom. The molecule has 0 amide bonds. The van der Waals surface area contributed by atoms with E-state index in [0.29, 0.717) is 0 Å². The zero-order valence-corrected chi connectivity index (χ0v) is 8.77. The second-order valence-electron chi connectivity index (χ2n) is 3.40. The third-order valence-corrected chi connectivity index (χ3v) is 3.16. The molecule has 1 heterocycles. The summed E-state index contributed by atoms with van der Waals surface area (Å²) in [6.07, 6.45) is 2.68. The van der Waals surface area contributed by atoms with Crippen LogP contribution < -0.4 is 5.32 Å². The number of aromatic nitrogens is 2. The summed E-state index contributed by atoms with van der Waals surface area (Å²) in [7, 11) is 4.02.